The van der Waals surface area contributed by atoms with Crippen molar-refractivity contribution in [3.8, 4) is 0 Å². The second kappa shape index (κ2) is 6.12. The minimum absolute atomic E-state index is 0.0353. The van der Waals surface area contributed by atoms with Crippen LogP contribution in [0.25, 0.3) is 0 Å². The first-order chi connectivity index (χ1) is 9.36. The van der Waals surface area contributed by atoms with Crippen LogP contribution in [0, 0.1) is 11.2 Å². The fourth-order valence-electron chi connectivity index (χ4n) is 2.97. The molecule has 1 aliphatic rings. The van der Waals surface area contributed by atoms with Crippen LogP contribution >= 0.6 is 11.6 Å². The van der Waals surface area contributed by atoms with E-state index >= 15 is 0 Å². The van der Waals surface area contributed by atoms with Gasteiger partial charge in [-0.3, -0.25) is 4.21 Å². The number of hydrogen-bond acceptors (Lipinski definition) is 2. The van der Waals surface area contributed by atoms with Crippen LogP contribution in [-0.4, -0.2) is 22.0 Å². The van der Waals surface area contributed by atoms with E-state index in [1.165, 1.54) is 12.1 Å². The summed E-state index contributed by atoms with van der Waals surface area (Å²) in [6.45, 7) is 7.32. The van der Waals surface area contributed by atoms with Gasteiger partial charge in [0.2, 0.25) is 0 Å². The van der Waals surface area contributed by atoms with E-state index in [4.69, 9.17) is 11.6 Å². The normalized spacial score (nSPS) is 26.6. The molecule has 1 aliphatic carbocycles. The maximum absolute atomic E-state index is 13.2. The summed E-state index contributed by atoms with van der Waals surface area (Å²) in [5, 5.41) is 3.54. The highest BCUT2D eigenvalue weighted by atomic mass is 35.5. The molecule has 1 aromatic carbocycles. The minimum atomic E-state index is -1.17. The van der Waals surface area contributed by atoms with Crippen molar-refractivity contribution in [2.45, 2.75) is 49.8 Å². The predicted molar refractivity (Wildman–Crippen MR) is 82.1 cm³/mol. The molecule has 1 N–H and O–H groups in total. The van der Waals surface area contributed by atoms with Gasteiger partial charge in [-0.25, -0.2) is 4.39 Å². The van der Waals surface area contributed by atoms with E-state index in [2.05, 4.69) is 26.1 Å². The lowest BCUT2D eigenvalue weighted by Crippen LogP contribution is -2.46. The first-order valence-electron chi connectivity index (χ1n) is 6.96. The van der Waals surface area contributed by atoms with Crippen LogP contribution in [0.3, 0.4) is 0 Å². The molecule has 2 rings (SSSR count). The Labute approximate surface area is 127 Å². The minimum Gasteiger partial charge on any atom is -0.313 e. The predicted octanol–water partition coefficient (Wildman–Crippen LogP) is 3.75. The van der Waals surface area contributed by atoms with Gasteiger partial charge in [-0.05, 0) is 43.0 Å². The van der Waals surface area contributed by atoms with Gasteiger partial charge in [0, 0.05) is 10.9 Å². The number of nitrogens with one attached hydrogen (secondary N) is 1. The number of halogens is 2. The van der Waals surface area contributed by atoms with Gasteiger partial charge in [-0.15, -0.1) is 0 Å². The quantitative estimate of drug-likeness (QED) is 0.916. The van der Waals surface area contributed by atoms with Crippen molar-refractivity contribution in [2.24, 2.45) is 5.41 Å². The number of hydrogen-bond donors (Lipinski definition) is 1. The second-order valence-corrected chi connectivity index (χ2v) is 8.05. The molecular weight excluding hydrogens is 297 g/mol. The van der Waals surface area contributed by atoms with Crippen LogP contribution in [0.1, 0.15) is 33.6 Å². The summed E-state index contributed by atoms with van der Waals surface area (Å²) in [4.78, 5) is 0.613. The Kier molecular flexibility index (Phi) is 4.88. The topological polar surface area (TPSA) is 29.1 Å². The highest BCUT2D eigenvalue weighted by molar-refractivity contribution is 7.85. The fourth-order valence-corrected chi connectivity index (χ4v) is 5.05. The molecule has 1 saturated carbocycles. The average Bonchev–Trinajstić information content (AvgIpc) is 2.69. The standard InChI is InChI=1S/C15H21ClFNOS/c1-4-18-14-13(7-8-15(14,2)3)20(19)10-5-6-12(17)11(16)9-10/h5-6,9,13-14,18H,4,7-8H2,1-3H3. The number of benzene rings is 1. The first kappa shape index (κ1) is 15.9. The molecule has 1 fully saturated rings. The van der Waals surface area contributed by atoms with Crippen LogP contribution in [0.5, 0.6) is 0 Å². The third-order valence-electron chi connectivity index (χ3n) is 4.11. The Morgan fingerprint density at radius 3 is 2.80 bits per heavy atom. The highest BCUT2D eigenvalue weighted by Gasteiger charge is 2.44. The Hall–Kier alpha value is -0.450. The first-order valence-corrected chi connectivity index (χ1v) is 8.55. The SMILES string of the molecule is CCNC1C(S(=O)c2ccc(F)c(Cl)c2)CCC1(C)C. The number of rotatable bonds is 4. The average molecular weight is 318 g/mol. The zero-order valence-electron chi connectivity index (χ0n) is 12.1. The molecule has 2 nitrogen and oxygen atoms in total. The molecule has 0 radical (unpaired) electrons. The molecule has 0 heterocycles. The van der Waals surface area contributed by atoms with Crippen molar-refractivity contribution < 1.29 is 8.60 Å². The summed E-state index contributed by atoms with van der Waals surface area (Å²) in [6, 6.07) is 4.56. The molecule has 3 unspecified atom stereocenters. The Bertz CT molecular complexity index is 521. The van der Waals surface area contributed by atoms with E-state index in [0.717, 1.165) is 19.4 Å². The molecule has 3 atom stereocenters. The van der Waals surface area contributed by atoms with Gasteiger partial charge in [0.25, 0.3) is 0 Å². The van der Waals surface area contributed by atoms with Crippen LogP contribution in [0.4, 0.5) is 4.39 Å². The summed E-state index contributed by atoms with van der Waals surface area (Å²) in [5.74, 6) is -0.470. The maximum atomic E-state index is 13.2. The van der Waals surface area contributed by atoms with E-state index < -0.39 is 16.6 Å². The second-order valence-electron chi connectivity index (χ2n) is 5.97. The van der Waals surface area contributed by atoms with Crippen molar-refractivity contribution >= 4 is 22.4 Å². The lowest BCUT2D eigenvalue weighted by atomic mass is 9.87. The summed E-state index contributed by atoms with van der Waals surface area (Å²) >= 11 is 5.79. The van der Waals surface area contributed by atoms with Crippen molar-refractivity contribution in [1.82, 2.24) is 5.32 Å². The van der Waals surface area contributed by atoms with Crippen LogP contribution in [0.2, 0.25) is 5.02 Å². The zero-order chi connectivity index (χ0) is 14.9. The monoisotopic (exact) mass is 317 g/mol. The highest BCUT2D eigenvalue weighted by Crippen LogP contribution is 2.41. The Balaban J connectivity index is 2.25. The van der Waals surface area contributed by atoms with E-state index in [1.54, 1.807) is 6.07 Å². The molecule has 0 amide bonds. The summed E-state index contributed by atoms with van der Waals surface area (Å²) in [6.07, 6.45) is 1.95. The van der Waals surface area contributed by atoms with Gasteiger partial charge in [0.1, 0.15) is 5.82 Å². The van der Waals surface area contributed by atoms with Gasteiger partial charge in [-0.1, -0.05) is 32.4 Å². The lowest BCUT2D eigenvalue weighted by Gasteiger charge is -2.31. The molecule has 20 heavy (non-hydrogen) atoms. The third kappa shape index (κ3) is 3.07. The summed E-state index contributed by atoms with van der Waals surface area (Å²) < 4.78 is 26.0. The molecule has 0 saturated heterocycles. The van der Waals surface area contributed by atoms with Gasteiger partial charge >= 0.3 is 0 Å². The molecular formula is C15H21ClFNOS. The molecule has 0 bridgehead atoms. The van der Waals surface area contributed by atoms with Crippen molar-refractivity contribution in [3.05, 3.63) is 29.0 Å². The van der Waals surface area contributed by atoms with Crippen LogP contribution in [-0.2, 0) is 10.8 Å². The Morgan fingerprint density at radius 2 is 2.20 bits per heavy atom. The molecule has 112 valence electrons. The fraction of sp³-hybridized carbons (Fsp3) is 0.600. The van der Waals surface area contributed by atoms with Gasteiger partial charge in [-0.2, -0.15) is 0 Å². The van der Waals surface area contributed by atoms with Gasteiger partial charge in [0.05, 0.1) is 21.1 Å². The Morgan fingerprint density at radius 1 is 1.50 bits per heavy atom. The van der Waals surface area contributed by atoms with Crippen molar-refractivity contribution in [2.75, 3.05) is 6.54 Å². The molecule has 0 spiro atoms. The van der Waals surface area contributed by atoms with E-state index in [1.807, 2.05) is 0 Å². The van der Waals surface area contributed by atoms with Crippen molar-refractivity contribution in [1.29, 1.82) is 0 Å². The van der Waals surface area contributed by atoms with Gasteiger partial charge < -0.3 is 5.32 Å². The van der Waals surface area contributed by atoms with E-state index in [0.29, 0.717) is 4.90 Å². The zero-order valence-corrected chi connectivity index (χ0v) is 13.7. The van der Waals surface area contributed by atoms with E-state index in [9.17, 15) is 8.60 Å². The molecule has 0 aliphatic heterocycles. The molecule has 5 heteroatoms. The lowest BCUT2D eigenvalue weighted by molar-refractivity contribution is 0.289. The summed E-state index contributed by atoms with van der Waals surface area (Å²) in [7, 11) is -1.17. The van der Waals surface area contributed by atoms with Crippen molar-refractivity contribution in [3.63, 3.8) is 0 Å². The summed E-state index contributed by atoms with van der Waals surface area (Å²) in [5.41, 5.74) is 0.125. The smallest absolute Gasteiger partial charge is 0.141 e. The van der Waals surface area contributed by atoms with Crippen LogP contribution < -0.4 is 5.32 Å². The van der Waals surface area contributed by atoms with Crippen LogP contribution in [0.15, 0.2) is 23.1 Å². The maximum Gasteiger partial charge on any atom is 0.141 e. The molecule has 1 aromatic rings. The largest absolute Gasteiger partial charge is 0.313 e. The van der Waals surface area contributed by atoms with E-state index in [-0.39, 0.29) is 21.7 Å². The molecule has 0 aromatic heterocycles. The third-order valence-corrected chi connectivity index (χ3v) is 6.18. The van der Waals surface area contributed by atoms with Gasteiger partial charge in [0.15, 0.2) is 0 Å².